The number of carbonyl (C=O) groups excluding carboxylic acids is 4. The topological polar surface area (TPSA) is 92.8 Å². The first-order valence-electron chi connectivity index (χ1n) is 13.9. The van der Waals surface area contributed by atoms with Crippen LogP contribution >= 0.6 is 0 Å². The lowest BCUT2D eigenvalue weighted by Crippen LogP contribution is -2.49. The molecule has 1 amide bonds. The van der Waals surface area contributed by atoms with Crippen molar-refractivity contribution in [3.63, 3.8) is 0 Å². The lowest BCUT2D eigenvalue weighted by molar-refractivity contribution is -0.131. The summed E-state index contributed by atoms with van der Waals surface area (Å²) in [5, 5.41) is 3.00. The molecule has 7 rings (SSSR count). The predicted molar refractivity (Wildman–Crippen MR) is 157 cm³/mol. The van der Waals surface area contributed by atoms with Crippen molar-refractivity contribution >= 4 is 35.2 Å². The van der Waals surface area contributed by atoms with Crippen molar-refractivity contribution in [2.45, 2.75) is 24.4 Å². The van der Waals surface area contributed by atoms with Gasteiger partial charge in [0.05, 0.1) is 12.0 Å². The molecule has 0 aromatic heterocycles. The summed E-state index contributed by atoms with van der Waals surface area (Å²) in [6.45, 7) is 1.29. The fourth-order valence-corrected chi connectivity index (χ4v) is 6.99. The average Bonchev–Trinajstić information content (AvgIpc) is 3.49. The Kier molecular flexibility index (Phi) is 6.09. The molecule has 212 valence electrons. The molecule has 1 spiro atoms. The van der Waals surface area contributed by atoms with Crippen molar-refractivity contribution in [3.8, 4) is 5.75 Å². The van der Waals surface area contributed by atoms with E-state index in [4.69, 9.17) is 4.74 Å². The van der Waals surface area contributed by atoms with Crippen LogP contribution in [0, 0.1) is 11.7 Å². The van der Waals surface area contributed by atoms with Crippen molar-refractivity contribution in [1.29, 1.82) is 0 Å². The number of halogens is 1. The van der Waals surface area contributed by atoms with E-state index in [1.54, 1.807) is 24.4 Å². The zero-order valence-electron chi connectivity index (χ0n) is 23.0. The number of ketones is 2. The standard InChI is InChI=1S/C35H25FN2O5/c1-20(39)43-25-16-12-23(13-17-25)32(41)30-29(31(40)22-10-14-24(36)15-11-22)35(27-8-4-5-9-28(27)37-34(35)42)33-26-7-3-2-6-21(26)18-19-38(30)33/h2-19,29-30,33H,1H3,(H,37,42)/t29-,30+,33-,35+/m1/s1. The van der Waals surface area contributed by atoms with Crippen LogP contribution in [0.15, 0.2) is 103 Å². The summed E-state index contributed by atoms with van der Waals surface area (Å²) in [5.41, 5.74) is 1.90. The number of ether oxygens (including phenoxy) is 1. The molecule has 4 aromatic rings. The third-order valence-corrected chi connectivity index (χ3v) is 8.65. The summed E-state index contributed by atoms with van der Waals surface area (Å²) < 4.78 is 19.1. The van der Waals surface area contributed by atoms with Crippen molar-refractivity contribution in [2.24, 2.45) is 5.92 Å². The first kappa shape index (κ1) is 26.5. The number of anilines is 1. The maximum atomic E-state index is 14.7. The number of hydrogen-bond acceptors (Lipinski definition) is 6. The van der Waals surface area contributed by atoms with Gasteiger partial charge in [0.15, 0.2) is 11.6 Å². The number of benzene rings is 4. The van der Waals surface area contributed by atoms with Gasteiger partial charge in [0.1, 0.15) is 23.0 Å². The molecule has 1 N–H and O–H groups in total. The van der Waals surface area contributed by atoms with Gasteiger partial charge in [-0.15, -0.1) is 0 Å². The molecule has 0 unspecified atom stereocenters. The minimum absolute atomic E-state index is 0.197. The van der Waals surface area contributed by atoms with Gasteiger partial charge < -0.3 is 15.0 Å². The Bertz CT molecular complexity index is 1850. The third-order valence-electron chi connectivity index (χ3n) is 8.65. The summed E-state index contributed by atoms with van der Waals surface area (Å²) in [5.74, 6) is -3.10. The van der Waals surface area contributed by atoms with Crippen LogP contribution in [0.1, 0.15) is 50.4 Å². The van der Waals surface area contributed by atoms with Gasteiger partial charge in [0, 0.05) is 29.9 Å². The highest BCUT2D eigenvalue weighted by Gasteiger charge is 2.70. The summed E-state index contributed by atoms with van der Waals surface area (Å²) in [4.78, 5) is 57.0. The highest BCUT2D eigenvalue weighted by molar-refractivity contribution is 6.16. The molecular weight excluding hydrogens is 547 g/mol. The summed E-state index contributed by atoms with van der Waals surface area (Å²) in [6, 6.07) is 24.4. The largest absolute Gasteiger partial charge is 0.427 e. The highest BCUT2D eigenvalue weighted by atomic mass is 19.1. The zero-order chi connectivity index (χ0) is 29.9. The van der Waals surface area contributed by atoms with Crippen molar-refractivity contribution in [3.05, 3.63) is 137 Å². The van der Waals surface area contributed by atoms with E-state index in [0.717, 1.165) is 11.1 Å². The third kappa shape index (κ3) is 3.94. The van der Waals surface area contributed by atoms with Crippen LogP contribution in [-0.4, -0.2) is 34.4 Å². The maximum absolute atomic E-state index is 14.7. The van der Waals surface area contributed by atoms with Gasteiger partial charge in [-0.2, -0.15) is 0 Å². The number of para-hydroxylation sites is 1. The Hall–Kier alpha value is -5.37. The van der Waals surface area contributed by atoms with Crippen molar-refractivity contribution in [1.82, 2.24) is 4.90 Å². The molecule has 0 bridgehead atoms. The van der Waals surface area contributed by atoms with Crippen LogP contribution in [0.25, 0.3) is 6.08 Å². The van der Waals surface area contributed by atoms with Crippen LogP contribution in [0.4, 0.5) is 10.1 Å². The highest BCUT2D eigenvalue weighted by Crippen LogP contribution is 2.62. The second-order valence-corrected chi connectivity index (χ2v) is 10.9. The van der Waals surface area contributed by atoms with Crippen LogP contribution in [0.2, 0.25) is 0 Å². The minimum Gasteiger partial charge on any atom is -0.427 e. The molecule has 0 radical (unpaired) electrons. The molecule has 3 aliphatic heterocycles. The maximum Gasteiger partial charge on any atom is 0.308 e. The predicted octanol–water partition coefficient (Wildman–Crippen LogP) is 5.73. The summed E-state index contributed by atoms with van der Waals surface area (Å²) in [6.07, 6.45) is 3.67. The number of nitrogens with one attached hydrogen (secondary N) is 1. The van der Waals surface area contributed by atoms with Crippen molar-refractivity contribution < 1.29 is 28.3 Å². The Morgan fingerprint density at radius 2 is 1.49 bits per heavy atom. The van der Waals surface area contributed by atoms with E-state index in [9.17, 15) is 23.6 Å². The molecule has 4 atom stereocenters. The Labute approximate surface area is 246 Å². The Morgan fingerprint density at radius 3 is 2.23 bits per heavy atom. The van der Waals surface area contributed by atoms with Crippen LogP contribution in [0.3, 0.4) is 0 Å². The van der Waals surface area contributed by atoms with Crippen LogP contribution < -0.4 is 10.1 Å². The van der Waals surface area contributed by atoms with Gasteiger partial charge in [-0.05, 0) is 77.4 Å². The molecule has 0 saturated carbocycles. The molecule has 3 heterocycles. The number of carbonyl (C=O) groups is 4. The van der Waals surface area contributed by atoms with E-state index in [0.29, 0.717) is 11.3 Å². The molecule has 0 aliphatic carbocycles. The number of rotatable bonds is 5. The Morgan fingerprint density at radius 1 is 0.837 bits per heavy atom. The summed E-state index contributed by atoms with van der Waals surface area (Å²) >= 11 is 0. The van der Waals surface area contributed by atoms with E-state index >= 15 is 0 Å². The molecule has 4 aromatic carbocycles. The number of fused-ring (bicyclic) bond motifs is 6. The van der Waals surface area contributed by atoms with Gasteiger partial charge in [-0.25, -0.2) is 4.39 Å². The van der Waals surface area contributed by atoms with Crippen molar-refractivity contribution in [2.75, 3.05) is 5.32 Å². The molecule has 1 saturated heterocycles. The van der Waals surface area contributed by atoms with Gasteiger partial charge in [0.25, 0.3) is 0 Å². The van der Waals surface area contributed by atoms with E-state index in [1.165, 1.54) is 43.3 Å². The second kappa shape index (κ2) is 9.87. The van der Waals surface area contributed by atoms with E-state index in [1.807, 2.05) is 53.4 Å². The lowest BCUT2D eigenvalue weighted by Gasteiger charge is -2.38. The number of nitrogens with zero attached hydrogens (tertiary/aromatic N) is 1. The fraction of sp³-hybridized carbons (Fsp3) is 0.143. The first-order valence-corrected chi connectivity index (χ1v) is 13.9. The Balaban J connectivity index is 1.48. The molecule has 7 nitrogen and oxygen atoms in total. The quantitative estimate of drug-likeness (QED) is 0.187. The number of amides is 1. The summed E-state index contributed by atoms with van der Waals surface area (Å²) in [7, 11) is 0. The number of Topliss-reactive ketones (excluding diaryl/α,β-unsaturated/α-hetero) is 2. The molecule has 8 heteroatoms. The fourth-order valence-electron chi connectivity index (χ4n) is 6.99. The van der Waals surface area contributed by atoms with E-state index in [2.05, 4.69) is 5.32 Å². The first-order chi connectivity index (χ1) is 20.8. The number of esters is 1. The molecule has 3 aliphatic rings. The lowest BCUT2D eigenvalue weighted by atomic mass is 9.62. The van der Waals surface area contributed by atoms with Gasteiger partial charge in [-0.3, -0.25) is 19.2 Å². The molecular formula is C35H25FN2O5. The SMILES string of the molecule is CC(=O)Oc1ccc(C(=O)[C@@H]2[C@H](C(=O)c3ccc(F)cc3)[C@]3(C(=O)Nc4ccccc43)[C@H]3c4ccccc4C=CN23)cc1. The number of hydrogen-bond donors (Lipinski definition) is 1. The second-order valence-electron chi connectivity index (χ2n) is 10.9. The normalized spacial score (nSPS) is 22.9. The smallest absolute Gasteiger partial charge is 0.308 e. The molecule has 43 heavy (non-hydrogen) atoms. The zero-order valence-corrected chi connectivity index (χ0v) is 23.0. The average molecular weight is 573 g/mol. The van der Waals surface area contributed by atoms with Crippen LogP contribution in [-0.2, 0) is 15.0 Å². The van der Waals surface area contributed by atoms with Gasteiger partial charge in [0.2, 0.25) is 5.91 Å². The van der Waals surface area contributed by atoms with Crippen LogP contribution in [0.5, 0.6) is 5.75 Å². The van der Waals surface area contributed by atoms with E-state index in [-0.39, 0.29) is 28.6 Å². The monoisotopic (exact) mass is 572 g/mol. The van der Waals surface area contributed by atoms with E-state index < -0.39 is 41.0 Å². The minimum atomic E-state index is -1.49. The molecule has 1 fully saturated rings. The van der Waals surface area contributed by atoms with Gasteiger partial charge >= 0.3 is 5.97 Å². The van der Waals surface area contributed by atoms with Gasteiger partial charge in [-0.1, -0.05) is 42.5 Å².